The van der Waals surface area contributed by atoms with E-state index in [9.17, 15) is 4.57 Å². The van der Waals surface area contributed by atoms with Gasteiger partial charge in [0.05, 0.1) is 18.9 Å². The van der Waals surface area contributed by atoms with E-state index < -0.39 is 7.60 Å². The number of alkyl halides is 2. The highest BCUT2D eigenvalue weighted by molar-refractivity contribution is 7.54. The average Bonchev–Trinajstić information content (AvgIpc) is 2.11. The molecule has 0 radical (unpaired) electrons. The summed E-state index contributed by atoms with van der Waals surface area (Å²) in [6, 6.07) is 0. The Kier molecular flexibility index (Phi) is 7.48. The van der Waals surface area contributed by atoms with E-state index in [2.05, 4.69) is 0 Å². The maximum Gasteiger partial charge on any atom is 0.333 e. The van der Waals surface area contributed by atoms with Crippen LogP contribution in [0.2, 0.25) is 0 Å². The highest BCUT2D eigenvalue weighted by atomic mass is 35.5. The van der Waals surface area contributed by atoms with Gasteiger partial charge < -0.3 is 9.05 Å². The summed E-state index contributed by atoms with van der Waals surface area (Å²) in [5, 5.41) is 0. The number of halogens is 2. The molecule has 13 heavy (non-hydrogen) atoms. The van der Waals surface area contributed by atoms with E-state index in [0.717, 1.165) is 0 Å². The maximum absolute atomic E-state index is 11.9. The molecule has 0 amide bonds. The van der Waals surface area contributed by atoms with Crippen LogP contribution in [0.25, 0.3) is 0 Å². The van der Waals surface area contributed by atoms with Gasteiger partial charge in [0, 0.05) is 11.8 Å². The molecule has 0 aromatic carbocycles. The molecule has 0 spiro atoms. The van der Waals surface area contributed by atoms with Crippen LogP contribution in [0.15, 0.2) is 0 Å². The van der Waals surface area contributed by atoms with Crippen LogP contribution in [0.4, 0.5) is 0 Å². The topological polar surface area (TPSA) is 35.5 Å². The molecule has 0 fully saturated rings. The lowest BCUT2D eigenvalue weighted by Gasteiger charge is -2.20. The predicted octanol–water partition coefficient (Wildman–Crippen LogP) is 3.10. The van der Waals surface area contributed by atoms with E-state index in [1.165, 1.54) is 0 Å². The third-order valence-corrected chi connectivity index (χ3v) is 3.99. The van der Waals surface area contributed by atoms with Gasteiger partial charge in [0.1, 0.15) is 0 Å². The summed E-state index contributed by atoms with van der Waals surface area (Å²) >= 11 is 10.8. The minimum atomic E-state index is -2.99. The summed E-state index contributed by atoms with van der Waals surface area (Å²) in [5.41, 5.74) is -0.168. The number of rotatable bonds is 7. The largest absolute Gasteiger partial charge is 0.333 e. The molecule has 0 aromatic rings. The van der Waals surface area contributed by atoms with Crippen molar-refractivity contribution in [2.75, 3.05) is 25.0 Å². The normalized spacial score (nSPS) is 12.4. The van der Waals surface area contributed by atoms with Gasteiger partial charge in [-0.2, -0.15) is 0 Å². The molecule has 0 heterocycles. The zero-order chi connectivity index (χ0) is 10.3. The Morgan fingerprint density at radius 2 is 1.54 bits per heavy atom. The monoisotopic (exact) mass is 248 g/mol. The first-order valence-corrected chi connectivity index (χ1v) is 6.75. The second-order valence-corrected chi connectivity index (χ2v) is 6.06. The molecule has 0 N–H and O–H groups in total. The molecule has 0 atom stereocenters. The van der Waals surface area contributed by atoms with Gasteiger partial charge >= 0.3 is 7.60 Å². The fourth-order valence-electron chi connectivity index (χ4n) is 0.659. The molecule has 0 rings (SSSR count). The van der Waals surface area contributed by atoms with Crippen molar-refractivity contribution in [1.29, 1.82) is 0 Å². The fraction of sp³-hybridized carbons (Fsp3) is 1.00. The minimum absolute atomic E-state index is 0.168. The van der Waals surface area contributed by atoms with E-state index in [1.54, 1.807) is 13.8 Å². The van der Waals surface area contributed by atoms with Gasteiger partial charge in [0.2, 0.25) is 0 Å². The second-order valence-electron chi connectivity index (χ2n) is 2.68. The molecule has 0 saturated heterocycles. The van der Waals surface area contributed by atoms with Gasteiger partial charge in [-0.25, -0.2) is 0 Å². The predicted molar refractivity (Wildman–Crippen MR) is 56.1 cm³/mol. The van der Waals surface area contributed by atoms with Crippen LogP contribution in [0.1, 0.15) is 13.8 Å². The Bertz CT molecular complexity index is 163. The van der Waals surface area contributed by atoms with Crippen LogP contribution in [0.3, 0.4) is 0 Å². The Morgan fingerprint density at radius 1 is 1.15 bits per heavy atom. The zero-order valence-electron chi connectivity index (χ0n) is 7.83. The lowest BCUT2D eigenvalue weighted by atomic mass is 10.6. The zero-order valence-corrected chi connectivity index (χ0v) is 10.2. The molecular weight excluding hydrogens is 234 g/mol. The van der Waals surface area contributed by atoms with Crippen molar-refractivity contribution in [3.05, 3.63) is 0 Å². The van der Waals surface area contributed by atoms with Crippen molar-refractivity contribution in [3.8, 4) is 0 Å². The first kappa shape index (κ1) is 13.7. The lowest BCUT2D eigenvalue weighted by Crippen LogP contribution is -2.08. The third kappa shape index (κ3) is 5.24. The summed E-state index contributed by atoms with van der Waals surface area (Å²) in [6.07, 6.45) is 0. The summed E-state index contributed by atoms with van der Waals surface area (Å²) in [5.74, 6) is 0.613. The molecular formula is C7H15Cl2O3P. The van der Waals surface area contributed by atoms with Crippen molar-refractivity contribution < 1.29 is 13.6 Å². The SMILES string of the molecule is CC(C)P(=O)(OCCCl)OCCCl. The van der Waals surface area contributed by atoms with Crippen LogP contribution < -0.4 is 0 Å². The van der Waals surface area contributed by atoms with E-state index >= 15 is 0 Å². The number of hydrogen-bond acceptors (Lipinski definition) is 3. The minimum Gasteiger partial charge on any atom is -0.307 e. The van der Waals surface area contributed by atoms with Crippen molar-refractivity contribution in [2.24, 2.45) is 0 Å². The standard InChI is InChI=1S/C7H15Cl2O3P/c1-7(2)13(10,11-5-3-8)12-6-4-9/h7H,3-6H2,1-2H3. The first-order chi connectivity index (χ1) is 6.06. The molecule has 0 bridgehead atoms. The molecule has 0 saturated carbocycles. The molecule has 6 heteroatoms. The third-order valence-electron chi connectivity index (χ3n) is 1.33. The molecule has 0 aromatic heterocycles. The summed E-state index contributed by atoms with van der Waals surface area (Å²) < 4.78 is 22.0. The average molecular weight is 249 g/mol. The Labute approximate surface area is 89.2 Å². The van der Waals surface area contributed by atoms with E-state index in [0.29, 0.717) is 11.8 Å². The first-order valence-electron chi connectivity index (χ1n) is 4.07. The molecule has 0 aliphatic rings. The van der Waals surface area contributed by atoms with E-state index in [1.807, 2.05) is 0 Å². The molecule has 3 nitrogen and oxygen atoms in total. The Balaban J connectivity index is 4.09. The quantitative estimate of drug-likeness (QED) is 0.513. The Hall–Kier alpha value is 0.730. The van der Waals surface area contributed by atoms with Crippen molar-refractivity contribution >= 4 is 30.8 Å². The lowest BCUT2D eigenvalue weighted by molar-refractivity contribution is 0.216. The van der Waals surface area contributed by atoms with Crippen LogP contribution in [-0.2, 0) is 13.6 Å². The van der Waals surface area contributed by atoms with Gasteiger partial charge in [-0.15, -0.1) is 23.2 Å². The van der Waals surface area contributed by atoms with Crippen LogP contribution in [0, 0.1) is 0 Å². The molecule has 0 aliphatic heterocycles. The molecule has 0 aliphatic carbocycles. The van der Waals surface area contributed by atoms with Crippen molar-refractivity contribution in [3.63, 3.8) is 0 Å². The van der Waals surface area contributed by atoms with E-state index in [4.69, 9.17) is 32.2 Å². The summed E-state index contributed by atoms with van der Waals surface area (Å²) in [4.78, 5) is 0. The van der Waals surface area contributed by atoms with Crippen LogP contribution in [0.5, 0.6) is 0 Å². The maximum atomic E-state index is 11.9. The molecule has 0 unspecified atom stereocenters. The second kappa shape index (κ2) is 7.08. The van der Waals surface area contributed by atoms with Crippen LogP contribution >= 0.6 is 30.8 Å². The van der Waals surface area contributed by atoms with Gasteiger partial charge in [-0.3, -0.25) is 4.57 Å². The Morgan fingerprint density at radius 3 is 1.77 bits per heavy atom. The van der Waals surface area contributed by atoms with E-state index in [-0.39, 0.29) is 18.9 Å². The van der Waals surface area contributed by atoms with Gasteiger partial charge in [0.15, 0.2) is 0 Å². The van der Waals surface area contributed by atoms with Gasteiger partial charge in [-0.1, -0.05) is 13.8 Å². The summed E-state index contributed by atoms with van der Waals surface area (Å²) in [7, 11) is -2.99. The summed E-state index contributed by atoms with van der Waals surface area (Å²) in [6.45, 7) is 4.03. The van der Waals surface area contributed by atoms with Gasteiger partial charge in [0.25, 0.3) is 0 Å². The smallest absolute Gasteiger partial charge is 0.307 e. The number of hydrogen-bond donors (Lipinski definition) is 0. The van der Waals surface area contributed by atoms with Crippen LogP contribution in [-0.4, -0.2) is 30.6 Å². The van der Waals surface area contributed by atoms with Crippen molar-refractivity contribution in [1.82, 2.24) is 0 Å². The fourth-order valence-corrected chi connectivity index (χ4v) is 2.39. The molecule has 80 valence electrons. The van der Waals surface area contributed by atoms with Crippen molar-refractivity contribution in [2.45, 2.75) is 19.5 Å². The van der Waals surface area contributed by atoms with Gasteiger partial charge in [-0.05, 0) is 0 Å². The highest BCUT2D eigenvalue weighted by Crippen LogP contribution is 2.52. The highest BCUT2D eigenvalue weighted by Gasteiger charge is 2.28.